The third-order valence-electron chi connectivity index (χ3n) is 3.32. The van der Waals surface area contributed by atoms with Crippen LogP contribution in [0.5, 0.6) is 11.5 Å². The molecule has 0 saturated carbocycles. The summed E-state index contributed by atoms with van der Waals surface area (Å²) in [4.78, 5) is 0. The molecule has 0 bridgehead atoms. The van der Waals surface area contributed by atoms with E-state index in [1.54, 1.807) is 26.2 Å². The van der Waals surface area contributed by atoms with Crippen LogP contribution in [0.2, 0.25) is 0 Å². The van der Waals surface area contributed by atoms with Crippen molar-refractivity contribution >= 4 is 0 Å². The molecule has 3 nitrogen and oxygen atoms in total. The van der Waals surface area contributed by atoms with Crippen molar-refractivity contribution in [2.24, 2.45) is 5.73 Å². The minimum atomic E-state index is -0.369. The second-order valence-electron chi connectivity index (χ2n) is 5.05. The molecule has 2 rings (SSSR count). The molecule has 2 unspecified atom stereocenters. The zero-order valence-corrected chi connectivity index (χ0v) is 12.5. The maximum atomic E-state index is 13.3. The smallest absolute Gasteiger partial charge is 0.142 e. The molecule has 0 fully saturated rings. The van der Waals surface area contributed by atoms with Crippen molar-refractivity contribution in [1.82, 2.24) is 0 Å². The van der Waals surface area contributed by atoms with Gasteiger partial charge in [-0.1, -0.05) is 18.2 Å². The van der Waals surface area contributed by atoms with Crippen molar-refractivity contribution in [2.75, 3.05) is 7.11 Å². The van der Waals surface area contributed by atoms with Gasteiger partial charge >= 0.3 is 0 Å². The van der Waals surface area contributed by atoms with Gasteiger partial charge < -0.3 is 15.2 Å². The summed E-state index contributed by atoms with van der Waals surface area (Å²) >= 11 is 0. The molecule has 0 aromatic heterocycles. The second kappa shape index (κ2) is 6.59. The van der Waals surface area contributed by atoms with Crippen molar-refractivity contribution in [3.8, 4) is 11.5 Å². The molecule has 2 aromatic rings. The Labute approximate surface area is 124 Å². The molecule has 0 radical (unpaired) electrons. The molecule has 0 amide bonds. The summed E-state index contributed by atoms with van der Waals surface area (Å²) in [5.74, 6) is 1.05. The standard InChI is InChI=1S/C17H20FNO2/c1-11-10-13(8-9-15(11)18)21-17(12(2)19)14-6-4-5-7-16(14)20-3/h4-10,12,17H,19H2,1-3H3. The molecular formula is C17H20FNO2. The Kier molecular flexibility index (Phi) is 4.81. The van der Waals surface area contributed by atoms with Crippen LogP contribution in [-0.2, 0) is 0 Å². The van der Waals surface area contributed by atoms with Gasteiger partial charge in [-0.3, -0.25) is 0 Å². The van der Waals surface area contributed by atoms with Crippen molar-refractivity contribution < 1.29 is 13.9 Å². The number of nitrogens with two attached hydrogens (primary N) is 1. The van der Waals surface area contributed by atoms with E-state index in [0.29, 0.717) is 11.3 Å². The quantitative estimate of drug-likeness (QED) is 0.914. The van der Waals surface area contributed by atoms with Gasteiger partial charge in [-0.2, -0.15) is 0 Å². The molecule has 0 aliphatic carbocycles. The number of methoxy groups -OCH3 is 1. The maximum absolute atomic E-state index is 13.3. The van der Waals surface area contributed by atoms with Gasteiger partial charge in [0.2, 0.25) is 0 Å². The highest BCUT2D eigenvalue weighted by Gasteiger charge is 2.22. The van der Waals surface area contributed by atoms with E-state index < -0.39 is 0 Å². The number of para-hydroxylation sites is 1. The summed E-state index contributed by atoms with van der Waals surface area (Å²) in [6.45, 7) is 3.57. The van der Waals surface area contributed by atoms with Crippen LogP contribution in [0.1, 0.15) is 24.2 Å². The minimum absolute atomic E-state index is 0.244. The Morgan fingerprint density at radius 1 is 1.14 bits per heavy atom. The Balaban J connectivity index is 2.33. The van der Waals surface area contributed by atoms with Crippen LogP contribution in [0, 0.1) is 12.7 Å². The van der Waals surface area contributed by atoms with Crippen LogP contribution >= 0.6 is 0 Å². The normalized spacial score (nSPS) is 13.6. The van der Waals surface area contributed by atoms with E-state index in [1.165, 1.54) is 6.07 Å². The Morgan fingerprint density at radius 3 is 2.48 bits per heavy atom. The molecule has 2 N–H and O–H groups in total. The first-order chi connectivity index (χ1) is 10.0. The zero-order valence-electron chi connectivity index (χ0n) is 12.5. The number of ether oxygens (including phenoxy) is 2. The van der Waals surface area contributed by atoms with Gasteiger partial charge in [-0.25, -0.2) is 4.39 Å². The number of hydrogen-bond acceptors (Lipinski definition) is 3. The van der Waals surface area contributed by atoms with Crippen LogP contribution in [0.15, 0.2) is 42.5 Å². The fourth-order valence-electron chi connectivity index (χ4n) is 2.19. The van der Waals surface area contributed by atoms with E-state index in [4.69, 9.17) is 15.2 Å². The second-order valence-corrected chi connectivity index (χ2v) is 5.05. The maximum Gasteiger partial charge on any atom is 0.142 e. The largest absolute Gasteiger partial charge is 0.496 e. The van der Waals surface area contributed by atoms with Gasteiger partial charge in [0, 0.05) is 11.6 Å². The number of aryl methyl sites for hydroxylation is 1. The average molecular weight is 289 g/mol. The van der Waals surface area contributed by atoms with E-state index in [2.05, 4.69) is 0 Å². The molecule has 0 spiro atoms. The summed E-state index contributed by atoms with van der Waals surface area (Å²) < 4.78 is 24.7. The SMILES string of the molecule is COc1ccccc1C(Oc1ccc(F)c(C)c1)C(C)N. The van der Waals surface area contributed by atoms with E-state index in [1.807, 2.05) is 31.2 Å². The van der Waals surface area contributed by atoms with Crippen molar-refractivity contribution in [3.05, 3.63) is 59.4 Å². The molecular weight excluding hydrogens is 269 g/mol. The topological polar surface area (TPSA) is 44.5 Å². The van der Waals surface area contributed by atoms with E-state index in [0.717, 1.165) is 11.3 Å². The molecule has 0 saturated heterocycles. The molecule has 2 aromatic carbocycles. The number of rotatable bonds is 5. The van der Waals surface area contributed by atoms with Gasteiger partial charge in [-0.05, 0) is 43.7 Å². The van der Waals surface area contributed by atoms with Crippen LogP contribution < -0.4 is 15.2 Å². The third kappa shape index (κ3) is 3.52. The van der Waals surface area contributed by atoms with E-state index in [-0.39, 0.29) is 18.0 Å². The highest BCUT2D eigenvalue weighted by Crippen LogP contribution is 2.31. The summed E-state index contributed by atoms with van der Waals surface area (Å²) in [5, 5.41) is 0. The zero-order chi connectivity index (χ0) is 15.4. The fraction of sp³-hybridized carbons (Fsp3) is 0.294. The summed E-state index contributed by atoms with van der Waals surface area (Å²) in [6, 6.07) is 12.0. The molecule has 0 aliphatic heterocycles. The first-order valence-electron chi connectivity index (χ1n) is 6.84. The monoisotopic (exact) mass is 289 g/mol. The predicted molar refractivity (Wildman–Crippen MR) is 81.1 cm³/mol. The van der Waals surface area contributed by atoms with Crippen LogP contribution in [0.25, 0.3) is 0 Å². The van der Waals surface area contributed by atoms with E-state index in [9.17, 15) is 4.39 Å². The fourth-order valence-corrected chi connectivity index (χ4v) is 2.19. The number of benzene rings is 2. The molecule has 0 aliphatic rings. The Bertz CT molecular complexity index is 613. The van der Waals surface area contributed by atoms with Crippen LogP contribution in [0.4, 0.5) is 4.39 Å². The van der Waals surface area contributed by atoms with Crippen LogP contribution in [-0.4, -0.2) is 13.2 Å². The average Bonchev–Trinajstić information content (AvgIpc) is 2.48. The third-order valence-corrected chi connectivity index (χ3v) is 3.32. The van der Waals surface area contributed by atoms with Gasteiger partial charge in [-0.15, -0.1) is 0 Å². The van der Waals surface area contributed by atoms with E-state index >= 15 is 0 Å². The number of halogens is 1. The lowest BCUT2D eigenvalue weighted by molar-refractivity contribution is 0.176. The van der Waals surface area contributed by atoms with Gasteiger partial charge in [0.25, 0.3) is 0 Å². The van der Waals surface area contributed by atoms with Gasteiger partial charge in [0.15, 0.2) is 0 Å². The summed E-state index contributed by atoms with van der Waals surface area (Å²) in [7, 11) is 1.61. The molecule has 21 heavy (non-hydrogen) atoms. The highest BCUT2D eigenvalue weighted by atomic mass is 19.1. The lowest BCUT2D eigenvalue weighted by Gasteiger charge is -2.24. The lowest BCUT2D eigenvalue weighted by atomic mass is 10.0. The first-order valence-corrected chi connectivity index (χ1v) is 6.84. The highest BCUT2D eigenvalue weighted by molar-refractivity contribution is 5.37. The summed E-state index contributed by atoms with van der Waals surface area (Å²) in [5.41, 5.74) is 7.46. The van der Waals surface area contributed by atoms with Crippen molar-refractivity contribution in [3.63, 3.8) is 0 Å². The first kappa shape index (κ1) is 15.3. The number of hydrogen-bond donors (Lipinski definition) is 1. The van der Waals surface area contributed by atoms with Crippen LogP contribution in [0.3, 0.4) is 0 Å². The minimum Gasteiger partial charge on any atom is -0.496 e. The summed E-state index contributed by atoms with van der Waals surface area (Å²) in [6.07, 6.45) is -0.369. The Hall–Kier alpha value is -2.07. The molecule has 112 valence electrons. The van der Waals surface area contributed by atoms with Gasteiger partial charge in [0.1, 0.15) is 23.4 Å². The Morgan fingerprint density at radius 2 is 1.86 bits per heavy atom. The van der Waals surface area contributed by atoms with Gasteiger partial charge in [0.05, 0.1) is 7.11 Å². The van der Waals surface area contributed by atoms with Crippen molar-refractivity contribution in [2.45, 2.75) is 26.0 Å². The van der Waals surface area contributed by atoms with Crippen molar-refractivity contribution in [1.29, 1.82) is 0 Å². The lowest BCUT2D eigenvalue weighted by Crippen LogP contribution is -2.29. The molecule has 4 heteroatoms. The molecule has 2 atom stereocenters. The molecule has 0 heterocycles. The predicted octanol–water partition coefficient (Wildman–Crippen LogP) is 3.61.